The van der Waals surface area contributed by atoms with Gasteiger partial charge in [0.15, 0.2) is 5.96 Å². The maximum Gasteiger partial charge on any atom is 0.211 e. The highest BCUT2D eigenvalue weighted by atomic mass is 127. The van der Waals surface area contributed by atoms with Crippen molar-refractivity contribution < 1.29 is 8.42 Å². The number of rotatable bonds is 7. The lowest BCUT2D eigenvalue weighted by Gasteiger charge is -2.31. The first kappa shape index (κ1) is 24.9. The van der Waals surface area contributed by atoms with Gasteiger partial charge in [0.1, 0.15) is 0 Å². The van der Waals surface area contributed by atoms with Gasteiger partial charge in [-0.15, -0.1) is 24.0 Å². The summed E-state index contributed by atoms with van der Waals surface area (Å²) in [5.74, 6) is 2.22. The quantitative estimate of drug-likeness (QED) is 0.317. The van der Waals surface area contributed by atoms with Crippen molar-refractivity contribution in [2.75, 3.05) is 65.7 Å². The van der Waals surface area contributed by atoms with E-state index in [0.29, 0.717) is 24.9 Å². The van der Waals surface area contributed by atoms with Gasteiger partial charge < -0.3 is 15.1 Å². The van der Waals surface area contributed by atoms with E-state index in [0.717, 1.165) is 51.5 Å². The fraction of sp³-hybridized carbons (Fsp3) is 0.944. The van der Waals surface area contributed by atoms with E-state index in [1.54, 1.807) is 4.31 Å². The first-order valence-electron chi connectivity index (χ1n) is 10.00. The van der Waals surface area contributed by atoms with E-state index in [1.807, 2.05) is 7.05 Å². The molecule has 1 atom stereocenters. The predicted molar refractivity (Wildman–Crippen MR) is 123 cm³/mol. The lowest BCUT2D eigenvalue weighted by molar-refractivity contribution is 0.254. The third kappa shape index (κ3) is 7.66. The third-order valence-electron chi connectivity index (χ3n) is 5.80. The van der Waals surface area contributed by atoms with Crippen LogP contribution in [0.2, 0.25) is 0 Å². The van der Waals surface area contributed by atoms with Gasteiger partial charge in [0, 0.05) is 46.3 Å². The van der Waals surface area contributed by atoms with E-state index in [-0.39, 0.29) is 24.0 Å². The van der Waals surface area contributed by atoms with Gasteiger partial charge in [-0.1, -0.05) is 13.8 Å². The molecule has 0 bridgehead atoms. The molecule has 0 aliphatic carbocycles. The van der Waals surface area contributed by atoms with Crippen LogP contribution in [0.3, 0.4) is 0 Å². The van der Waals surface area contributed by atoms with Gasteiger partial charge in [0.2, 0.25) is 10.0 Å². The van der Waals surface area contributed by atoms with Gasteiger partial charge in [0.25, 0.3) is 0 Å². The molecule has 2 saturated heterocycles. The molecule has 0 aromatic carbocycles. The molecule has 0 radical (unpaired) electrons. The highest BCUT2D eigenvalue weighted by Gasteiger charge is 2.28. The summed E-state index contributed by atoms with van der Waals surface area (Å²) >= 11 is 0. The summed E-state index contributed by atoms with van der Waals surface area (Å²) in [6.07, 6.45) is 4.36. The minimum absolute atomic E-state index is 0. The fourth-order valence-electron chi connectivity index (χ4n) is 4.03. The number of hydrogen-bond acceptors (Lipinski definition) is 4. The van der Waals surface area contributed by atoms with Crippen molar-refractivity contribution in [1.29, 1.82) is 0 Å². The molecule has 2 aliphatic rings. The number of likely N-dealkylation sites (tertiary alicyclic amines) is 1. The first-order valence-corrected chi connectivity index (χ1v) is 11.8. The molecule has 9 heteroatoms. The van der Waals surface area contributed by atoms with Crippen LogP contribution < -0.4 is 5.32 Å². The average molecular weight is 516 g/mol. The van der Waals surface area contributed by atoms with Crippen LogP contribution in [0.5, 0.6) is 0 Å². The van der Waals surface area contributed by atoms with Gasteiger partial charge in [-0.3, -0.25) is 4.99 Å². The molecular weight excluding hydrogens is 477 g/mol. The van der Waals surface area contributed by atoms with Crippen molar-refractivity contribution in [3.8, 4) is 0 Å². The normalized spacial score (nSPS) is 22.9. The number of aliphatic imine (C=N–C) groups is 1. The third-order valence-corrected chi connectivity index (χ3v) is 7.10. The van der Waals surface area contributed by atoms with E-state index in [2.05, 4.69) is 34.0 Å². The molecule has 0 aromatic rings. The summed E-state index contributed by atoms with van der Waals surface area (Å²) in [6, 6.07) is 0. The van der Waals surface area contributed by atoms with Crippen molar-refractivity contribution in [2.45, 2.75) is 33.1 Å². The summed E-state index contributed by atoms with van der Waals surface area (Å²) in [7, 11) is -1.19. The van der Waals surface area contributed by atoms with Crippen LogP contribution in [0.15, 0.2) is 4.99 Å². The summed E-state index contributed by atoms with van der Waals surface area (Å²) in [4.78, 5) is 9.35. The highest BCUT2D eigenvalue weighted by Crippen LogP contribution is 2.20. The number of hydrogen-bond donors (Lipinski definition) is 1. The molecular formula is C18H38IN5O2S. The molecule has 7 nitrogen and oxygen atoms in total. The molecule has 2 heterocycles. The molecule has 0 aromatic heterocycles. The zero-order chi connectivity index (χ0) is 19.2. The van der Waals surface area contributed by atoms with Crippen LogP contribution in [0.4, 0.5) is 0 Å². The Morgan fingerprint density at radius 1 is 1.11 bits per heavy atom. The van der Waals surface area contributed by atoms with Crippen LogP contribution in [0.1, 0.15) is 33.1 Å². The zero-order valence-corrected chi connectivity index (χ0v) is 20.5. The lowest BCUT2D eigenvalue weighted by atomic mass is 9.98. The molecule has 1 unspecified atom stereocenters. The van der Waals surface area contributed by atoms with Crippen LogP contribution in [0, 0.1) is 11.8 Å². The van der Waals surface area contributed by atoms with Gasteiger partial charge in [-0.2, -0.15) is 0 Å². The van der Waals surface area contributed by atoms with Crippen LogP contribution in [-0.4, -0.2) is 94.1 Å². The molecule has 0 saturated carbocycles. The lowest BCUT2D eigenvalue weighted by Crippen LogP contribution is -2.45. The molecule has 2 fully saturated rings. The molecule has 2 aliphatic heterocycles. The van der Waals surface area contributed by atoms with Gasteiger partial charge in [0.05, 0.1) is 6.26 Å². The Labute approximate surface area is 183 Å². The molecule has 27 heavy (non-hydrogen) atoms. The monoisotopic (exact) mass is 515 g/mol. The van der Waals surface area contributed by atoms with Gasteiger partial charge >= 0.3 is 0 Å². The summed E-state index contributed by atoms with van der Waals surface area (Å²) in [5, 5.41) is 3.53. The van der Waals surface area contributed by atoms with Crippen LogP contribution in [-0.2, 0) is 10.0 Å². The molecule has 0 amide bonds. The minimum atomic E-state index is -3.04. The second-order valence-electron chi connectivity index (χ2n) is 7.62. The smallest absolute Gasteiger partial charge is 0.211 e. The van der Waals surface area contributed by atoms with Gasteiger partial charge in [-0.25, -0.2) is 12.7 Å². The SMILES string of the molecule is CCN(CC)CC1CCN(C(=NC)NCC2CCN(S(C)(=O)=O)CC2)C1.I. The zero-order valence-electron chi connectivity index (χ0n) is 17.4. The molecule has 2 rings (SSSR count). The summed E-state index contributed by atoms with van der Waals surface area (Å²) in [5.41, 5.74) is 0. The first-order chi connectivity index (χ1) is 12.4. The Bertz CT molecular complexity index is 560. The standard InChI is InChI=1S/C18H37N5O2S.HI/c1-5-21(6-2)14-17-7-10-22(15-17)18(19-3)20-13-16-8-11-23(12-9-16)26(4,24)25;/h16-17H,5-15H2,1-4H3,(H,19,20);1H. The second kappa shape index (κ2) is 11.8. The number of nitrogens with one attached hydrogen (secondary N) is 1. The van der Waals surface area contributed by atoms with Gasteiger partial charge in [-0.05, 0) is 44.2 Å². The van der Waals surface area contributed by atoms with Crippen molar-refractivity contribution in [3.05, 3.63) is 0 Å². The second-order valence-corrected chi connectivity index (χ2v) is 9.60. The summed E-state index contributed by atoms with van der Waals surface area (Å²) in [6.45, 7) is 12.2. The van der Waals surface area contributed by atoms with E-state index in [4.69, 9.17) is 0 Å². The Morgan fingerprint density at radius 2 is 1.70 bits per heavy atom. The van der Waals surface area contributed by atoms with Crippen LogP contribution >= 0.6 is 24.0 Å². The van der Waals surface area contributed by atoms with Crippen LogP contribution in [0.25, 0.3) is 0 Å². The Morgan fingerprint density at radius 3 is 2.22 bits per heavy atom. The number of nitrogens with zero attached hydrogens (tertiary/aromatic N) is 4. The van der Waals surface area contributed by atoms with Crippen molar-refractivity contribution in [1.82, 2.24) is 19.4 Å². The number of guanidine groups is 1. The Kier molecular flexibility index (Phi) is 10.9. The number of halogens is 1. The van der Waals surface area contributed by atoms with E-state index in [9.17, 15) is 8.42 Å². The fourth-order valence-corrected chi connectivity index (χ4v) is 4.91. The highest BCUT2D eigenvalue weighted by molar-refractivity contribution is 14.0. The minimum Gasteiger partial charge on any atom is -0.356 e. The molecule has 1 N–H and O–H groups in total. The Balaban J connectivity index is 0.00000364. The summed E-state index contributed by atoms with van der Waals surface area (Å²) < 4.78 is 24.8. The maximum atomic E-state index is 11.6. The van der Waals surface area contributed by atoms with E-state index < -0.39 is 10.0 Å². The predicted octanol–water partition coefficient (Wildman–Crippen LogP) is 1.52. The number of piperidine rings is 1. The van der Waals surface area contributed by atoms with Crippen molar-refractivity contribution in [2.24, 2.45) is 16.8 Å². The molecule has 160 valence electrons. The van der Waals surface area contributed by atoms with Crippen molar-refractivity contribution in [3.63, 3.8) is 0 Å². The molecule has 0 spiro atoms. The van der Waals surface area contributed by atoms with E-state index >= 15 is 0 Å². The maximum absolute atomic E-state index is 11.6. The number of sulfonamides is 1. The van der Waals surface area contributed by atoms with E-state index in [1.165, 1.54) is 19.2 Å². The Hall–Kier alpha value is -0.130. The average Bonchev–Trinajstić information content (AvgIpc) is 3.08. The largest absolute Gasteiger partial charge is 0.356 e. The van der Waals surface area contributed by atoms with Crippen molar-refractivity contribution >= 4 is 40.0 Å². The topological polar surface area (TPSA) is 68.2 Å².